The number of hydrogen-bond donors (Lipinski definition) is 1. The second-order valence-corrected chi connectivity index (χ2v) is 7.20. The van der Waals surface area contributed by atoms with Crippen molar-refractivity contribution in [3.05, 3.63) is 35.5 Å². The predicted molar refractivity (Wildman–Crippen MR) is 103 cm³/mol. The molecular formula is C20H24BN3O. The van der Waals surface area contributed by atoms with Crippen LogP contribution in [0.1, 0.15) is 25.0 Å². The third kappa shape index (κ3) is 2.53. The van der Waals surface area contributed by atoms with Crippen LogP contribution in [-0.2, 0) is 11.2 Å². The van der Waals surface area contributed by atoms with E-state index in [4.69, 9.17) is 7.85 Å². The molecule has 128 valence electrons. The van der Waals surface area contributed by atoms with Crippen molar-refractivity contribution in [3.8, 4) is 0 Å². The van der Waals surface area contributed by atoms with Crippen LogP contribution in [-0.4, -0.2) is 61.3 Å². The maximum absolute atomic E-state index is 12.9. The Balaban J connectivity index is 1.83. The Morgan fingerprint density at radius 3 is 2.84 bits per heavy atom. The molecule has 1 aliphatic carbocycles. The van der Waals surface area contributed by atoms with Crippen LogP contribution in [0.15, 0.2) is 24.4 Å². The molecule has 4 nitrogen and oxygen atoms in total. The maximum atomic E-state index is 12.9. The van der Waals surface area contributed by atoms with Gasteiger partial charge in [0.15, 0.2) is 0 Å². The Morgan fingerprint density at radius 1 is 1.36 bits per heavy atom. The van der Waals surface area contributed by atoms with Crippen LogP contribution in [0.3, 0.4) is 0 Å². The third-order valence-corrected chi connectivity index (χ3v) is 5.76. The number of aromatic amines is 1. The summed E-state index contributed by atoms with van der Waals surface area (Å²) in [4.78, 5) is 20.5. The zero-order valence-corrected chi connectivity index (χ0v) is 15.2. The van der Waals surface area contributed by atoms with Crippen LogP contribution in [0.5, 0.6) is 0 Å². The van der Waals surface area contributed by atoms with E-state index in [1.165, 1.54) is 22.1 Å². The number of fused-ring (bicyclic) bond motifs is 2. The molecule has 4 rings (SSSR count). The zero-order chi connectivity index (χ0) is 17.7. The quantitative estimate of drug-likeness (QED) is 0.869. The lowest BCUT2D eigenvalue weighted by Gasteiger charge is -2.40. The van der Waals surface area contributed by atoms with E-state index < -0.39 is 0 Å². The van der Waals surface area contributed by atoms with Crippen LogP contribution in [0.25, 0.3) is 16.5 Å². The number of H-pyrrole nitrogens is 1. The molecule has 2 aromatic rings. The average Bonchev–Trinajstić information content (AvgIpc) is 3.00. The van der Waals surface area contributed by atoms with Gasteiger partial charge < -0.3 is 9.88 Å². The van der Waals surface area contributed by atoms with Crippen LogP contribution in [0.4, 0.5) is 0 Å². The molecule has 0 spiro atoms. The molecule has 5 heteroatoms. The SMILES string of the molecule is [B]c1cc2c3c(c[nH]c3c1)CC1C2=C[C@@H](C(=O)N(CC)CC)CN1C. The van der Waals surface area contributed by atoms with Gasteiger partial charge in [-0.05, 0) is 50.1 Å². The topological polar surface area (TPSA) is 39.3 Å². The first-order valence-electron chi connectivity index (χ1n) is 9.14. The molecule has 1 aromatic heterocycles. The van der Waals surface area contributed by atoms with Crippen LogP contribution < -0.4 is 5.46 Å². The molecule has 25 heavy (non-hydrogen) atoms. The summed E-state index contributed by atoms with van der Waals surface area (Å²) in [6, 6.07) is 4.37. The number of aromatic nitrogens is 1. The lowest BCUT2D eigenvalue weighted by atomic mass is 9.77. The lowest BCUT2D eigenvalue weighted by molar-refractivity contribution is -0.134. The van der Waals surface area contributed by atoms with Gasteiger partial charge in [-0.2, -0.15) is 0 Å². The highest BCUT2D eigenvalue weighted by Gasteiger charge is 2.36. The molecule has 2 aliphatic rings. The van der Waals surface area contributed by atoms with Crippen molar-refractivity contribution in [2.75, 3.05) is 26.7 Å². The van der Waals surface area contributed by atoms with Crippen molar-refractivity contribution in [1.82, 2.24) is 14.8 Å². The molecular weight excluding hydrogens is 309 g/mol. The average molecular weight is 333 g/mol. The van der Waals surface area contributed by atoms with Crippen molar-refractivity contribution in [1.29, 1.82) is 0 Å². The highest BCUT2D eigenvalue weighted by Crippen LogP contribution is 2.40. The standard InChI is InChI=1S/C20H24BN3O/c1-4-24(5-2)20(25)13-6-15-16-8-14(21)9-17-19(16)12(10-22-17)7-18(15)23(3)11-13/h6,8-10,13,18,22H,4-5,7,11H2,1-3H3/t13-,18?/m1/s1. The van der Waals surface area contributed by atoms with Gasteiger partial charge in [0, 0.05) is 42.8 Å². The highest BCUT2D eigenvalue weighted by atomic mass is 16.2. The van der Waals surface area contributed by atoms with E-state index in [0.29, 0.717) is 6.04 Å². The first-order valence-corrected chi connectivity index (χ1v) is 9.14. The van der Waals surface area contributed by atoms with Gasteiger partial charge in [-0.3, -0.25) is 9.69 Å². The van der Waals surface area contributed by atoms with E-state index in [1.807, 2.05) is 24.8 Å². The predicted octanol–water partition coefficient (Wildman–Crippen LogP) is 1.70. The van der Waals surface area contributed by atoms with E-state index >= 15 is 0 Å². The number of rotatable bonds is 3. The first-order chi connectivity index (χ1) is 12.0. The molecule has 2 radical (unpaired) electrons. The fourth-order valence-electron chi connectivity index (χ4n) is 4.47. The molecule has 1 aliphatic heterocycles. The van der Waals surface area contributed by atoms with Crippen molar-refractivity contribution in [2.45, 2.75) is 26.3 Å². The second-order valence-electron chi connectivity index (χ2n) is 7.20. The van der Waals surface area contributed by atoms with E-state index in [0.717, 1.165) is 37.0 Å². The van der Waals surface area contributed by atoms with E-state index in [2.05, 4.69) is 35.3 Å². The number of benzene rings is 1. The summed E-state index contributed by atoms with van der Waals surface area (Å²) >= 11 is 0. The fraction of sp³-hybridized carbons (Fsp3) is 0.450. The summed E-state index contributed by atoms with van der Waals surface area (Å²) in [5.41, 5.74) is 5.63. The summed E-state index contributed by atoms with van der Waals surface area (Å²) < 4.78 is 0. The monoisotopic (exact) mass is 333 g/mol. The molecule has 0 saturated heterocycles. The van der Waals surface area contributed by atoms with Crippen LogP contribution >= 0.6 is 0 Å². The van der Waals surface area contributed by atoms with Gasteiger partial charge in [0.25, 0.3) is 0 Å². The van der Waals surface area contributed by atoms with Gasteiger partial charge in [-0.1, -0.05) is 17.6 Å². The molecule has 1 N–H and O–H groups in total. The zero-order valence-electron chi connectivity index (χ0n) is 15.2. The minimum atomic E-state index is -0.0897. The number of carbonyl (C=O) groups is 1. The van der Waals surface area contributed by atoms with E-state index in [-0.39, 0.29) is 11.8 Å². The molecule has 2 atom stereocenters. The summed E-state index contributed by atoms with van der Waals surface area (Å²) in [7, 11) is 8.27. The number of amides is 1. The molecule has 1 amide bonds. The van der Waals surface area contributed by atoms with Gasteiger partial charge in [-0.25, -0.2) is 0 Å². The minimum Gasteiger partial charge on any atom is -0.361 e. The van der Waals surface area contributed by atoms with Crippen molar-refractivity contribution < 1.29 is 4.79 Å². The Labute approximate surface area is 150 Å². The van der Waals surface area contributed by atoms with Gasteiger partial charge in [0.2, 0.25) is 5.91 Å². The molecule has 0 fully saturated rings. The summed E-state index contributed by atoms with van der Waals surface area (Å²) in [5, 5.41) is 1.26. The summed E-state index contributed by atoms with van der Waals surface area (Å²) in [5.74, 6) is 0.135. The van der Waals surface area contributed by atoms with Crippen LogP contribution in [0, 0.1) is 5.92 Å². The van der Waals surface area contributed by atoms with Gasteiger partial charge in [0.05, 0.1) is 5.92 Å². The Morgan fingerprint density at radius 2 is 2.12 bits per heavy atom. The van der Waals surface area contributed by atoms with Gasteiger partial charge >= 0.3 is 0 Å². The summed E-state index contributed by atoms with van der Waals surface area (Å²) in [6.45, 7) is 6.37. The Kier molecular flexibility index (Phi) is 3.99. The number of carbonyl (C=O) groups excluding carboxylic acids is 1. The van der Waals surface area contributed by atoms with Crippen LogP contribution in [0.2, 0.25) is 0 Å². The molecule has 2 heterocycles. The maximum Gasteiger partial charge on any atom is 0.230 e. The molecule has 0 bridgehead atoms. The van der Waals surface area contributed by atoms with Gasteiger partial charge in [0.1, 0.15) is 7.85 Å². The number of hydrogen-bond acceptors (Lipinski definition) is 2. The van der Waals surface area contributed by atoms with E-state index in [1.54, 1.807) is 0 Å². The van der Waals surface area contributed by atoms with Crippen molar-refractivity contribution >= 4 is 35.7 Å². The lowest BCUT2D eigenvalue weighted by Crippen LogP contribution is -2.47. The van der Waals surface area contributed by atoms with Gasteiger partial charge in [-0.15, -0.1) is 0 Å². The minimum absolute atomic E-state index is 0.0897. The third-order valence-electron chi connectivity index (χ3n) is 5.76. The van der Waals surface area contributed by atoms with Crippen molar-refractivity contribution in [2.24, 2.45) is 5.92 Å². The molecule has 1 unspecified atom stereocenters. The van der Waals surface area contributed by atoms with Crippen molar-refractivity contribution in [3.63, 3.8) is 0 Å². The number of nitrogens with zero attached hydrogens (tertiary/aromatic N) is 2. The molecule has 1 aromatic carbocycles. The second kappa shape index (κ2) is 6.06. The Hall–Kier alpha value is -2.01. The Bertz CT molecular complexity index is 865. The fourth-order valence-corrected chi connectivity index (χ4v) is 4.47. The largest absolute Gasteiger partial charge is 0.361 e. The number of likely N-dealkylation sites (N-methyl/N-ethyl adjacent to an activating group) is 1. The normalized spacial score (nSPS) is 22.6. The smallest absolute Gasteiger partial charge is 0.230 e. The first kappa shape index (κ1) is 16.5. The highest BCUT2D eigenvalue weighted by molar-refractivity contribution is 6.33. The number of nitrogens with one attached hydrogen (secondary N) is 1. The molecule has 0 saturated carbocycles. The van der Waals surface area contributed by atoms with E-state index in [9.17, 15) is 4.79 Å². The summed E-state index contributed by atoms with van der Waals surface area (Å²) in [6.07, 6.45) is 5.28.